The summed E-state index contributed by atoms with van der Waals surface area (Å²) in [5.41, 5.74) is 0. The van der Waals surface area contributed by atoms with E-state index in [1.165, 1.54) is 4.90 Å². The monoisotopic (exact) mass is 542 g/mol. The number of nitrogens with zero attached hydrogens (tertiary/aromatic N) is 4. The van der Waals surface area contributed by atoms with Gasteiger partial charge in [-0.25, -0.2) is 19.6 Å². The molecular weight excluding hydrogens is 524 g/mol. The molecule has 4 heterocycles. The molecule has 11 heteroatoms. The summed E-state index contributed by atoms with van der Waals surface area (Å²) in [7, 11) is 0. The second-order valence-corrected chi connectivity index (χ2v) is 8.32. The topological polar surface area (TPSA) is 105 Å². The minimum atomic E-state index is -0.469. The molecule has 2 aliphatic rings. The molecule has 9 nitrogen and oxygen atoms in total. The van der Waals surface area contributed by atoms with Crippen molar-refractivity contribution in [1.29, 1.82) is 0 Å². The van der Waals surface area contributed by atoms with Gasteiger partial charge in [-0.3, -0.25) is 9.80 Å². The molecule has 2 aliphatic heterocycles. The lowest BCUT2D eigenvalue weighted by molar-refractivity contribution is 0.0963. The van der Waals surface area contributed by atoms with Crippen LogP contribution in [0, 0.1) is 0 Å². The van der Waals surface area contributed by atoms with Crippen molar-refractivity contribution in [2.45, 2.75) is 25.6 Å². The number of aliphatic hydroxyl groups is 1. The van der Waals surface area contributed by atoms with Crippen molar-refractivity contribution >= 4 is 55.7 Å². The maximum atomic E-state index is 11.5. The van der Waals surface area contributed by atoms with Crippen LogP contribution in [0.5, 0.6) is 0 Å². The number of pyridine rings is 2. The number of halogens is 2. The van der Waals surface area contributed by atoms with Gasteiger partial charge in [0.2, 0.25) is 0 Å². The lowest BCUT2D eigenvalue weighted by atomic mass is 10.3. The van der Waals surface area contributed by atoms with Gasteiger partial charge in [0, 0.05) is 21.3 Å². The van der Waals surface area contributed by atoms with Gasteiger partial charge in [-0.1, -0.05) is 6.92 Å². The van der Waals surface area contributed by atoms with Crippen molar-refractivity contribution in [1.82, 2.24) is 9.97 Å². The molecular formula is C19H20Br2N4O5. The average molecular weight is 544 g/mol. The van der Waals surface area contributed by atoms with Crippen LogP contribution in [0.25, 0.3) is 0 Å². The first kappa shape index (κ1) is 22.4. The first-order valence-electron chi connectivity index (χ1n) is 9.21. The molecule has 4 rings (SSSR count). The van der Waals surface area contributed by atoms with Gasteiger partial charge in [0.1, 0.15) is 23.8 Å². The van der Waals surface area contributed by atoms with Gasteiger partial charge in [0.15, 0.2) is 0 Å². The van der Waals surface area contributed by atoms with Gasteiger partial charge in [-0.15, -0.1) is 0 Å². The van der Waals surface area contributed by atoms with Crippen LogP contribution in [-0.4, -0.2) is 59.2 Å². The van der Waals surface area contributed by atoms with Crippen molar-refractivity contribution in [2.75, 3.05) is 29.5 Å². The van der Waals surface area contributed by atoms with Crippen LogP contribution in [-0.2, 0) is 9.47 Å². The van der Waals surface area contributed by atoms with Crippen LogP contribution in [0.15, 0.2) is 45.6 Å². The molecule has 0 radical (unpaired) electrons. The zero-order chi connectivity index (χ0) is 21.7. The van der Waals surface area contributed by atoms with Gasteiger partial charge < -0.3 is 14.6 Å². The number of anilines is 2. The molecule has 0 aliphatic carbocycles. The molecule has 1 N–H and O–H groups in total. The number of ether oxygens (including phenoxy) is 2. The van der Waals surface area contributed by atoms with E-state index in [1.807, 2.05) is 13.0 Å². The van der Waals surface area contributed by atoms with E-state index >= 15 is 0 Å². The van der Waals surface area contributed by atoms with E-state index in [9.17, 15) is 9.59 Å². The van der Waals surface area contributed by atoms with Crippen LogP contribution in [0.3, 0.4) is 0 Å². The van der Waals surface area contributed by atoms with Crippen molar-refractivity contribution in [3.63, 3.8) is 0 Å². The summed E-state index contributed by atoms with van der Waals surface area (Å²) in [6.45, 7) is 2.75. The number of rotatable bonds is 4. The summed E-state index contributed by atoms with van der Waals surface area (Å²) in [5.74, 6) is 1.17. The smallest absolute Gasteiger partial charge is 0.416 e. The van der Waals surface area contributed by atoms with Gasteiger partial charge in [-0.05, 0) is 62.5 Å². The number of hydrogen-bond acceptors (Lipinski definition) is 7. The highest BCUT2D eigenvalue weighted by Gasteiger charge is 2.33. The third-order valence-corrected chi connectivity index (χ3v) is 5.32. The Morgan fingerprint density at radius 3 is 1.73 bits per heavy atom. The maximum Gasteiger partial charge on any atom is 0.416 e. The summed E-state index contributed by atoms with van der Waals surface area (Å²) in [6.07, 6.45) is 2.86. The van der Waals surface area contributed by atoms with Gasteiger partial charge in [0.05, 0.1) is 19.7 Å². The molecule has 2 amide bonds. The minimum absolute atomic E-state index is 0.0112. The molecule has 2 saturated heterocycles. The van der Waals surface area contributed by atoms with Crippen molar-refractivity contribution in [3.05, 3.63) is 45.6 Å². The molecule has 0 unspecified atom stereocenters. The van der Waals surface area contributed by atoms with E-state index in [0.717, 1.165) is 15.4 Å². The van der Waals surface area contributed by atoms with E-state index in [0.29, 0.717) is 24.7 Å². The van der Waals surface area contributed by atoms with E-state index in [-0.39, 0.29) is 18.8 Å². The predicted molar refractivity (Wildman–Crippen MR) is 116 cm³/mol. The van der Waals surface area contributed by atoms with E-state index in [2.05, 4.69) is 41.8 Å². The number of aliphatic hydroxyl groups excluding tert-OH is 1. The van der Waals surface area contributed by atoms with E-state index in [4.69, 9.17) is 14.6 Å². The molecule has 2 aromatic heterocycles. The Balaban J connectivity index is 0.000000171. The fourth-order valence-corrected chi connectivity index (χ4v) is 3.25. The first-order valence-corrected chi connectivity index (χ1v) is 10.8. The van der Waals surface area contributed by atoms with Gasteiger partial charge in [-0.2, -0.15) is 0 Å². The van der Waals surface area contributed by atoms with Crippen molar-refractivity contribution in [2.24, 2.45) is 0 Å². The van der Waals surface area contributed by atoms with Crippen LogP contribution in [0.2, 0.25) is 0 Å². The second-order valence-electron chi connectivity index (χ2n) is 6.49. The van der Waals surface area contributed by atoms with E-state index < -0.39 is 12.2 Å². The molecule has 160 valence electrons. The van der Waals surface area contributed by atoms with Crippen LogP contribution in [0.4, 0.5) is 21.2 Å². The zero-order valence-corrected chi connectivity index (χ0v) is 19.2. The number of carbonyl (C=O) groups excluding carboxylic acids is 2. The van der Waals surface area contributed by atoms with Crippen LogP contribution < -0.4 is 9.80 Å². The highest BCUT2D eigenvalue weighted by molar-refractivity contribution is 9.10. The number of aromatic nitrogens is 2. The number of carbonyl (C=O) groups is 2. The molecule has 0 aromatic carbocycles. The summed E-state index contributed by atoms with van der Waals surface area (Å²) < 4.78 is 11.8. The van der Waals surface area contributed by atoms with Gasteiger partial charge >= 0.3 is 12.2 Å². The highest BCUT2D eigenvalue weighted by Crippen LogP contribution is 2.22. The third-order valence-electron chi connectivity index (χ3n) is 4.38. The summed E-state index contributed by atoms with van der Waals surface area (Å²) in [4.78, 5) is 34.0. The second kappa shape index (κ2) is 10.2. The van der Waals surface area contributed by atoms with Crippen LogP contribution in [0.1, 0.15) is 13.3 Å². The summed E-state index contributed by atoms with van der Waals surface area (Å²) >= 11 is 6.55. The van der Waals surface area contributed by atoms with Gasteiger partial charge in [0.25, 0.3) is 0 Å². The lowest BCUT2D eigenvalue weighted by Gasteiger charge is -2.10. The Kier molecular flexibility index (Phi) is 7.62. The number of amides is 2. The zero-order valence-electron chi connectivity index (χ0n) is 16.1. The predicted octanol–water partition coefficient (Wildman–Crippen LogP) is 3.74. The molecule has 2 fully saturated rings. The molecule has 30 heavy (non-hydrogen) atoms. The Morgan fingerprint density at radius 1 is 0.933 bits per heavy atom. The molecule has 0 spiro atoms. The maximum absolute atomic E-state index is 11.5. The first-order chi connectivity index (χ1) is 14.4. The highest BCUT2D eigenvalue weighted by atomic mass is 79.9. The normalized spacial score (nSPS) is 20.5. The molecule has 2 aromatic rings. The van der Waals surface area contributed by atoms with Crippen molar-refractivity contribution in [3.8, 4) is 0 Å². The fourth-order valence-electron chi connectivity index (χ4n) is 2.78. The SMILES string of the molecule is CC[C@@H]1CN(c2ccc(Br)cn2)C(=O)O1.O=C1O[C@H](CO)CN1c1ccc(Br)cn1. The average Bonchev–Trinajstić information content (AvgIpc) is 3.32. The molecule has 2 atom stereocenters. The Labute approximate surface area is 190 Å². The Hall–Kier alpha value is -2.24. The Bertz CT molecular complexity index is 808. The standard InChI is InChI=1S/C10H11BrN2O2.C9H9BrN2O3/c1-2-8-6-13(10(14)15-8)9-4-3-7(11)5-12-9;10-6-1-2-8(11-3-6)12-4-7(5-13)15-9(12)14/h3-5,8H,2,6H2,1H3;1-3,7,13H,4-5H2/t8-;7-/m10/s1. The van der Waals surface area contributed by atoms with Crippen LogP contribution >= 0.6 is 31.9 Å². The Morgan fingerprint density at radius 2 is 1.40 bits per heavy atom. The summed E-state index contributed by atoms with van der Waals surface area (Å²) in [6, 6.07) is 7.16. The minimum Gasteiger partial charge on any atom is -0.444 e. The summed E-state index contributed by atoms with van der Waals surface area (Å²) in [5, 5.41) is 8.86. The largest absolute Gasteiger partial charge is 0.444 e. The fraction of sp³-hybridized carbons (Fsp3) is 0.368. The quantitative estimate of drug-likeness (QED) is 0.626. The molecule has 0 bridgehead atoms. The van der Waals surface area contributed by atoms with Crippen molar-refractivity contribution < 1.29 is 24.2 Å². The number of cyclic esters (lactones) is 2. The number of hydrogen-bond donors (Lipinski definition) is 1. The third kappa shape index (κ3) is 5.46. The van der Waals surface area contributed by atoms with E-state index in [1.54, 1.807) is 35.5 Å². The lowest BCUT2D eigenvalue weighted by Crippen LogP contribution is -2.26. The molecule has 0 saturated carbocycles.